The topological polar surface area (TPSA) is 108 Å². The second kappa shape index (κ2) is 11.2. The molecule has 2 atom stereocenters. The number of aliphatic carboxylic acids is 1. The van der Waals surface area contributed by atoms with Crippen molar-refractivity contribution < 1.29 is 18.9 Å². The fraction of sp³-hybridized carbons (Fsp3) is 0.0741. The Morgan fingerprint density at radius 3 is 2.34 bits per heavy atom. The van der Waals surface area contributed by atoms with Gasteiger partial charge in [0.2, 0.25) is 0 Å². The van der Waals surface area contributed by atoms with E-state index >= 15 is 0 Å². The van der Waals surface area contributed by atoms with Crippen molar-refractivity contribution in [1.82, 2.24) is 4.98 Å². The number of hydrogen-bond donors (Lipinski definition) is 3. The molecule has 8 heteroatoms. The first-order valence-corrected chi connectivity index (χ1v) is 12.1. The summed E-state index contributed by atoms with van der Waals surface area (Å²) < 4.78 is 13.3. The van der Waals surface area contributed by atoms with E-state index in [2.05, 4.69) is 15.6 Å². The minimum Gasteiger partial charge on any atom is -0.481 e. The lowest BCUT2D eigenvalue weighted by atomic mass is 10.1. The second-order valence-electron chi connectivity index (χ2n) is 7.70. The molecule has 7 nitrogen and oxygen atoms in total. The molecule has 0 saturated carbocycles. The number of anilines is 3. The molecule has 0 aliphatic heterocycles. The van der Waals surface area contributed by atoms with Crippen LogP contribution in [0, 0.1) is 0 Å². The summed E-state index contributed by atoms with van der Waals surface area (Å²) in [5.74, 6) is -0.701. The maximum Gasteiger partial charge on any atom is 0.304 e. The lowest BCUT2D eigenvalue weighted by Crippen LogP contribution is -2.14. The number of nitrogens with one attached hydrogen (secondary N) is 2. The lowest BCUT2D eigenvalue weighted by molar-refractivity contribution is -0.137. The smallest absolute Gasteiger partial charge is 0.304 e. The van der Waals surface area contributed by atoms with Gasteiger partial charge in [0.05, 0.1) is 22.5 Å². The third-order valence-corrected chi connectivity index (χ3v) is 6.85. The molecular formula is C27H23N3O4S. The van der Waals surface area contributed by atoms with Crippen LogP contribution < -0.4 is 10.6 Å². The van der Waals surface area contributed by atoms with Crippen molar-refractivity contribution in [2.75, 3.05) is 10.6 Å². The molecule has 2 unspecified atom stereocenters. The fourth-order valence-electron chi connectivity index (χ4n) is 3.53. The Morgan fingerprint density at radius 1 is 0.857 bits per heavy atom. The fourth-order valence-corrected chi connectivity index (χ4v) is 5.02. The van der Waals surface area contributed by atoms with Gasteiger partial charge in [-0.3, -0.25) is 13.8 Å². The van der Waals surface area contributed by atoms with Crippen LogP contribution in [0.25, 0.3) is 0 Å². The molecule has 4 aromatic rings. The van der Waals surface area contributed by atoms with E-state index in [1.807, 2.05) is 30.3 Å². The summed E-state index contributed by atoms with van der Waals surface area (Å²) in [5, 5.41) is 14.6. The van der Waals surface area contributed by atoms with Crippen LogP contribution in [0.1, 0.15) is 27.6 Å². The van der Waals surface area contributed by atoms with Gasteiger partial charge < -0.3 is 15.7 Å². The molecule has 0 bridgehead atoms. The standard InChI is InChI=1S/C27H23N3O4S/c31-26(32)18-24(19-8-2-1-3-9-19)35(34)23-13-7-12-22(17-23)30-27(33)20-10-6-11-21(16-20)29-25-14-4-5-15-28-25/h1-17,24H,18H2,(H,28,29)(H,30,33)(H,31,32). The van der Waals surface area contributed by atoms with Crippen LogP contribution in [-0.2, 0) is 15.6 Å². The number of carboxylic acids is 1. The Kier molecular flexibility index (Phi) is 7.64. The van der Waals surface area contributed by atoms with Gasteiger partial charge in [-0.2, -0.15) is 0 Å². The molecule has 0 aliphatic carbocycles. The third kappa shape index (κ3) is 6.39. The molecule has 3 N–H and O–H groups in total. The summed E-state index contributed by atoms with van der Waals surface area (Å²) >= 11 is 0. The molecule has 4 rings (SSSR count). The van der Waals surface area contributed by atoms with Crippen LogP contribution >= 0.6 is 0 Å². The van der Waals surface area contributed by atoms with Crippen LogP contribution in [-0.4, -0.2) is 26.2 Å². The Balaban J connectivity index is 1.51. The first kappa shape index (κ1) is 23.8. The van der Waals surface area contributed by atoms with Crippen molar-refractivity contribution in [2.45, 2.75) is 16.6 Å². The second-order valence-corrected chi connectivity index (χ2v) is 9.33. The number of carboxylic acid groups (broad SMARTS) is 1. The maximum absolute atomic E-state index is 13.3. The van der Waals surface area contributed by atoms with E-state index < -0.39 is 22.0 Å². The number of pyridine rings is 1. The minimum absolute atomic E-state index is 0.275. The molecule has 1 amide bonds. The first-order chi connectivity index (χ1) is 17.0. The minimum atomic E-state index is -1.64. The van der Waals surface area contributed by atoms with Gasteiger partial charge in [-0.1, -0.05) is 48.5 Å². The van der Waals surface area contributed by atoms with Gasteiger partial charge in [0.1, 0.15) is 5.82 Å². The van der Waals surface area contributed by atoms with E-state index in [9.17, 15) is 18.9 Å². The molecule has 0 saturated heterocycles. The van der Waals surface area contributed by atoms with Gasteiger partial charge in [0.15, 0.2) is 0 Å². The van der Waals surface area contributed by atoms with Crippen molar-refractivity contribution in [2.24, 2.45) is 0 Å². The highest BCUT2D eigenvalue weighted by Gasteiger charge is 2.24. The van der Waals surface area contributed by atoms with Gasteiger partial charge in [-0.25, -0.2) is 4.98 Å². The molecule has 3 aromatic carbocycles. The van der Waals surface area contributed by atoms with Crippen LogP contribution in [0.2, 0.25) is 0 Å². The van der Waals surface area contributed by atoms with E-state index in [0.29, 0.717) is 33.2 Å². The van der Waals surface area contributed by atoms with Crippen molar-refractivity contribution in [1.29, 1.82) is 0 Å². The first-order valence-electron chi connectivity index (χ1n) is 10.9. The molecule has 0 spiro atoms. The summed E-state index contributed by atoms with van der Waals surface area (Å²) in [7, 11) is -1.64. The normalized spacial score (nSPS) is 12.3. The van der Waals surface area contributed by atoms with Crippen molar-refractivity contribution in [3.05, 3.63) is 114 Å². The summed E-state index contributed by atoms with van der Waals surface area (Å²) in [6.45, 7) is 0. The molecule has 0 radical (unpaired) electrons. The van der Waals surface area contributed by atoms with Crippen LogP contribution in [0.4, 0.5) is 17.2 Å². The molecule has 176 valence electrons. The number of nitrogens with zero attached hydrogens (tertiary/aromatic N) is 1. The van der Waals surface area contributed by atoms with Crippen molar-refractivity contribution in [3.63, 3.8) is 0 Å². The third-order valence-electron chi connectivity index (χ3n) is 5.18. The number of aromatic nitrogens is 1. The van der Waals surface area contributed by atoms with E-state index in [4.69, 9.17) is 0 Å². The highest BCUT2D eigenvalue weighted by Crippen LogP contribution is 2.29. The number of amides is 1. The highest BCUT2D eigenvalue weighted by atomic mass is 32.2. The summed E-state index contributed by atoms with van der Waals surface area (Å²) in [5.41, 5.74) is 2.29. The Morgan fingerprint density at radius 2 is 1.60 bits per heavy atom. The average Bonchev–Trinajstić information content (AvgIpc) is 2.88. The van der Waals surface area contributed by atoms with E-state index in [-0.39, 0.29) is 12.3 Å². The molecule has 0 aliphatic rings. The van der Waals surface area contributed by atoms with Crippen molar-refractivity contribution in [3.8, 4) is 0 Å². The maximum atomic E-state index is 13.3. The van der Waals surface area contributed by atoms with Gasteiger partial charge in [0.25, 0.3) is 5.91 Å². The number of rotatable bonds is 9. The molecule has 1 aromatic heterocycles. The summed E-state index contributed by atoms with van der Waals surface area (Å²) in [6, 6.07) is 28.1. The SMILES string of the molecule is O=C(O)CC(c1ccccc1)S(=O)c1cccc(NC(=O)c2cccc(Nc3ccccn3)c2)c1. The van der Waals surface area contributed by atoms with E-state index in [0.717, 1.165) is 0 Å². The monoisotopic (exact) mass is 485 g/mol. The van der Waals surface area contributed by atoms with Gasteiger partial charge in [-0.05, 0) is 54.1 Å². The zero-order valence-corrected chi connectivity index (χ0v) is 19.4. The highest BCUT2D eigenvalue weighted by molar-refractivity contribution is 7.85. The van der Waals surface area contributed by atoms with Crippen LogP contribution in [0.3, 0.4) is 0 Å². The van der Waals surface area contributed by atoms with Gasteiger partial charge in [-0.15, -0.1) is 0 Å². The summed E-state index contributed by atoms with van der Waals surface area (Å²) in [6.07, 6.45) is 1.40. The zero-order valence-electron chi connectivity index (χ0n) is 18.6. The molecular weight excluding hydrogens is 462 g/mol. The van der Waals surface area contributed by atoms with Crippen LogP contribution in [0.15, 0.2) is 108 Å². The Bertz CT molecular complexity index is 1350. The number of benzene rings is 3. The van der Waals surface area contributed by atoms with E-state index in [1.54, 1.807) is 72.9 Å². The average molecular weight is 486 g/mol. The quantitative estimate of drug-likeness (QED) is 0.293. The number of hydrogen-bond acceptors (Lipinski definition) is 5. The van der Waals surface area contributed by atoms with Crippen LogP contribution in [0.5, 0.6) is 0 Å². The van der Waals surface area contributed by atoms with Gasteiger partial charge >= 0.3 is 5.97 Å². The Labute approximate surface area is 205 Å². The number of carbonyl (C=O) groups excluding carboxylic acids is 1. The Hall–Kier alpha value is -4.30. The number of carbonyl (C=O) groups is 2. The zero-order chi connectivity index (χ0) is 24.6. The predicted octanol–water partition coefficient (Wildman–Crippen LogP) is 5.40. The van der Waals surface area contributed by atoms with Gasteiger partial charge in [0, 0.05) is 28.0 Å². The molecule has 35 heavy (non-hydrogen) atoms. The largest absolute Gasteiger partial charge is 0.481 e. The van der Waals surface area contributed by atoms with Crippen molar-refractivity contribution >= 4 is 39.9 Å². The summed E-state index contributed by atoms with van der Waals surface area (Å²) in [4.78, 5) is 29.0. The van der Waals surface area contributed by atoms with E-state index in [1.165, 1.54) is 0 Å². The predicted molar refractivity (Wildman–Crippen MR) is 136 cm³/mol. The molecule has 1 heterocycles. The lowest BCUT2D eigenvalue weighted by Gasteiger charge is -2.16. The molecule has 0 fully saturated rings.